The number of nitrogens with one attached hydrogen (secondary N) is 1. The van der Waals surface area contributed by atoms with Gasteiger partial charge in [-0.15, -0.1) is 0 Å². The number of aromatic nitrogens is 2. The molecule has 24 heavy (non-hydrogen) atoms. The number of nitrogens with zero attached hydrogens (tertiary/aromatic N) is 1. The van der Waals surface area contributed by atoms with Gasteiger partial charge in [-0.2, -0.15) is 0 Å². The molecule has 0 aliphatic rings. The van der Waals surface area contributed by atoms with Crippen molar-refractivity contribution in [1.82, 2.24) is 9.78 Å². The van der Waals surface area contributed by atoms with Crippen molar-refractivity contribution >= 4 is 9.84 Å². The third kappa shape index (κ3) is 2.90. The number of H-pyrrole nitrogens is 1. The SMILES string of the molecule is Cn1[nH]c(=O)c(-c2ccc(F)cc2)c1-c1ccc(S(C)(=O)=O)cc1. The van der Waals surface area contributed by atoms with Gasteiger partial charge in [-0.25, -0.2) is 12.8 Å². The van der Waals surface area contributed by atoms with Crippen molar-refractivity contribution in [2.45, 2.75) is 4.90 Å². The second kappa shape index (κ2) is 5.76. The van der Waals surface area contributed by atoms with Crippen molar-refractivity contribution in [2.75, 3.05) is 6.26 Å². The molecule has 0 radical (unpaired) electrons. The predicted molar refractivity (Wildman–Crippen MR) is 90.0 cm³/mol. The van der Waals surface area contributed by atoms with E-state index in [4.69, 9.17) is 0 Å². The number of halogens is 1. The first kappa shape index (κ1) is 16.2. The summed E-state index contributed by atoms with van der Waals surface area (Å²) in [6, 6.07) is 11.9. The van der Waals surface area contributed by atoms with Crippen LogP contribution in [0, 0.1) is 5.82 Å². The molecule has 124 valence electrons. The van der Waals surface area contributed by atoms with Crippen LogP contribution in [-0.4, -0.2) is 24.5 Å². The average molecular weight is 346 g/mol. The van der Waals surface area contributed by atoms with Gasteiger partial charge in [0.05, 0.1) is 16.2 Å². The number of aryl methyl sites for hydroxylation is 1. The Hall–Kier alpha value is -2.67. The van der Waals surface area contributed by atoms with E-state index < -0.39 is 9.84 Å². The summed E-state index contributed by atoms with van der Waals surface area (Å²) in [4.78, 5) is 12.5. The van der Waals surface area contributed by atoms with Crippen LogP contribution in [0.3, 0.4) is 0 Å². The Kier molecular flexibility index (Phi) is 3.88. The molecule has 1 heterocycles. The maximum atomic E-state index is 13.1. The van der Waals surface area contributed by atoms with Crippen LogP contribution in [0.15, 0.2) is 58.2 Å². The standard InChI is InChI=1S/C17H15FN2O3S/c1-20-16(12-5-9-14(10-6-12)24(2,22)23)15(17(21)19-20)11-3-7-13(18)8-4-11/h3-10H,1-2H3,(H,19,21). The van der Waals surface area contributed by atoms with Crippen LogP contribution in [0.25, 0.3) is 22.4 Å². The second-order valence-corrected chi connectivity index (χ2v) is 7.54. The molecule has 0 atom stereocenters. The smallest absolute Gasteiger partial charge is 0.272 e. The molecular formula is C17H15FN2O3S. The Morgan fingerprint density at radius 3 is 2.04 bits per heavy atom. The Morgan fingerprint density at radius 1 is 0.958 bits per heavy atom. The monoisotopic (exact) mass is 346 g/mol. The zero-order valence-corrected chi connectivity index (χ0v) is 13.9. The molecule has 0 unspecified atom stereocenters. The molecular weight excluding hydrogens is 331 g/mol. The van der Waals surface area contributed by atoms with E-state index in [-0.39, 0.29) is 16.3 Å². The summed E-state index contributed by atoms with van der Waals surface area (Å²) in [5.41, 5.74) is 1.98. The van der Waals surface area contributed by atoms with Crippen LogP contribution < -0.4 is 5.56 Å². The topological polar surface area (TPSA) is 71.9 Å². The summed E-state index contributed by atoms with van der Waals surface area (Å²) in [5.74, 6) is -0.384. The van der Waals surface area contributed by atoms with Gasteiger partial charge >= 0.3 is 0 Å². The number of sulfone groups is 1. The van der Waals surface area contributed by atoms with E-state index in [1.807, 2.05) is 0 Å². The highest BCUT2D eigenvalue weighted by molar-refractivity contribution is 7.90. The molecule has 0 saturated heterocycles. The maximum absolute atomic E-state index is 13.1. The summed E-state index contributed by atoms with van der Waals surface area (Å²) < 4.78 is 37.9. The van der Waals surface area contributed by atoms with Crippen molar-refractivity contribution in [3.63, 3.8) is 0 Å². The molecule has 0 aliphatic heterocycles. The molecule has 0 amide bonds. The first-order chi connectivity index (χ1) is 11.3. The molecule has 5 nitrogen and oxygen atoms in total. The van der Waals surface area contributed by atoms with Crippen LogP contribution in [0.1, 0.15) is 0 Å². The van der Waals surface area contributed by atoms with Crippen molar-refractivity contribution in [2.24, 2.45) is 7.05 Å². The summed E-state index contributed by atoms with van der Waals surface area (Å²) >= 11 is 0. The lowest BCUT2D eigenvalue weighted by Crippen LogP contribution is -2.03. The van der Waals surface area contributed by atoms with Gasteiger partial charge in [-0.05, 0) is 29.8 Å². The zero-order valence-electron chi connectivity index (χ0n) is 13.1. The molecule has 1 N–H and O–H groups in total. The highest BCUT2D eigenvalue weighted by Gasteiger charge is 2.17. The van der Waals surface area contributed by atoms with E-state index >= 15 is 0 Å². The van der Waals surface area contributed by atoms with E-state index in [1.165, 1.54) is 36.4 Å². The molecule has 2 aromatic carbocycles. The van der Waals surface area contributed by atoms with Gasteiger partial charge in [-0.3, -0.25) is 14.6 Å². The van der Waals surface area contributed by atoms with Gasteiger partial charge in [-0.1, -0.05) is 24.3 Å². The lowest BCUT2D eigenvalue weighted by Gasteiger charge is -2.08. The normalized spacial score (nSPS) is 11.6. The van der Waals surface area contributed by atoms with E-state index in [1.54, 1.807) is 23.9 Å². The van der Waals surface area contributed by atoms with Crippen LogP contribution in [0.4, 0.5) is 4.39 Å². The van der Waals surface area contributed by atoms with E-state index in [9.17, 15) is 17.6 Å². The van der Waals surface area contributed by atoms with Gasteiger partial charge in [0.25, 0.3) is 5.56 Å². The highest BCUT2D eigenvalue weighted by Crippen LogP contribution is 2.29. The quantitative estimate of drug-likeness (QED) is 0.792. The fourth-order valence-electron chi connectivity index (χ4n) is 2.62. The van der Waals surface area contributed by atoms with Crippen molar-refractivity contribution < 1.29 is 12.8 Å². The van der Waals surface area contributed by atoms with Crippen molar-refractivity contribution in [3.8, 4) is 22.4 Å². The molecule has 0 bridgehead atoms. The number of rotatable bonds is 3. The first-order valence-electron chi connectivity index (χ1n) is 7.13. The molecule has 3 aromatic rings. The number of aromatic amines is 1. The second-order valence-electron chi connectivity index (χ2n) is 5.53. The predicted octanol–water partition coefficient (Wildman–Crippen LogP) is 2.59. The average Bonchev–Trinajstić information content (AvgIpc) is 2.82. The van der Waals surface area contributed by atoms with Crippen molar-refractivity contribution in [3.05, 3.63) is 64.7 Å². The Balaban J connectivity index is 2.18. The summed E-state index contributed by atoms with van der Waals surface area (Å²) in [5, 5.41) is 2.68. The van der Waals surface area contributed by atoms with Gasteiger partial charge in [0, 0.05) is 18.9 Å². The van der Waals surface area contributed by atoms with Gasteiger partial charge in [0.15, 0.2) is 9.84 Å². The third-order valence-corrected chi connectivity index (χ3v) is 4.89. The van der Waals surface area contributed by atoms with Gasteiger partial charge in [0.1, 0.15) is 5.82 Å². The van der Waals surface area contributed by atoms with Crippen LogP contribution >= 0.6 is 0 Å². The molecule has 7 heteroatoms. The molecule has 1 aromatic heterocycles. The molecule has 0 fully saturated rings. The van der Waals surface area contributed by atoms with Gasteiger partial charge in [0.2, 0.25) is 0 Å². The molecule has 0 aliphatic carbocycles. The maximum Gasteiger partial charge on any atom is 0.272 e. The van der Waals surface area contributed by atoms with Crippen LogP contribution in [0.5, 0.6) is 0 Å². The van der Waals surface area contributed by atoms with E-state index in [0.29, 0.717) is 22.4 Å². The minimum atomic E-state index is -3.29. The van der Waals surface area contributed by atoms with Gasteiger partial charge < -0.3 is 0 Å². The fourth-order valence-corrected chi connectivity index (χ4v) is 3.25. The molecule has 0 saturated carbocycles. The summed E-state index contributed by atoms with van der Waals surface area (Å²) in [7, 11) is -1.60. The summed E-state index contributed by atoms with van der Waals surface area (Å²) in [6.07, 6.45) is 1.14. The van der Waals surface area contributed by atoms with E-state index in [0.717, 1.165) is 6.26 Å². The lowest BCUT2D eigenvalue weighted by atomic mass is 10.0. The van der Waals surface area contributed by atoms with Crippen molar-refractivity contribution in [1.29, 1.82) is 0 Å². The molecule has 3 rings (SSSR count). The highest BCUT2D eigenvalue weighted by atomic mass is 32.2. The minimum absolute atomic E-state index is 0.204. The summed E-state index contributed by atoms with van der Waals surface area (Å²) in [6.45, 7) is 0. The Labute approximate surface area is 138 Å². The fraction of sp³-hybridized carbons (Fsp3) is 0.118. The van der Waals surface area contributed by atoms with Crippen LogP contribution in [0.2, 0.25) is 0 Å². The molecule has 0 spiro atoms. The Morgan fingerprint density at radius 2 is 1.50 bits per heavy atom. The first-order valence-corrected chi connectivity index (χ1v) is 9.02. The number of hydrogen-bond donors (Lipinski definition) is 1. The lowest BCUT2D eigenvalue weighted by molar-refractivity contribution is 0.602. The zero-order chi connectivity index (χ0) is 17.5. The van der Waals surface area contributed by atoms with E-state index in [2.05, 4.69) is 5.10 Å². The van der Waals surface area contributed by atoms with Crippen LogP contribution in [-0.2, 0) is 16.9 Å². The third-order valence-electron chi connectivity index (χ3n) is 3.76. The minimum Gasteiger partial charge on any atom is -0.287 e. The number of hydrogen-bond acceptors (Lipinski definition) is 3. The number of benzene rings is 2. The largest absolute Gasteiger partial charge is 0.287 e. The Bertz CT molecular complexity index is 1050.